The Balaban J connectivity index is 2.26. The maximum absolute atomic E-state index is 11.0. The van der Waals surface area contributed by atoms with E-state index in [1.165, 1.54) is 6.07 Å². The number of nitrogens with one attached hydrogen (secondary N) is 1. The summed E-state index contributed by atoms with van der Waals surface area (Å²) >= 11 is 0. The van der Waals surface area contributed by atoms with E-state index in [9.17, 15) is 10.1 Å². The topological polar surface area (TPSA) is 90.2 Å². The van der Waals surface area contributed by atoms with Crippen LogP contribution in [0.25, 0.3) is 0 Å². The van der Waals surface area contributed by atoms with Crippen LogP contribution in [-0.4, -0.2) is 21.9 Å². The SMILES string of the molecule is CNCc1cnc(Oc2cc([N+](=O)[O-])c(C)cc2C)nc1. The van der Waals surface area contributed by atoms with Gasteiger partial charge >= 0.3 is 6.01 Å². The smallest absolute Gasteiger partial charge is 0.321 e. The molecule has 0 saturated heterocycles. The number of benzene rings is 1. The van der Waals surface area contributed by atoms with E-state index in [2.05, 4.69) is 15.3 Å². The van der Waals surface area contributed by atoms with Gasteiger partial charge in [0.2, 0.25) is 0 Å². The maximum atomic E-state index is 11.0. The molecule has 7 nitrogen and oxygen atoms in total. The average Bonchev–Trinajstić information content (AvgIpc) is 2.43. The number of hydrogen-bond donors (Lipinski definition) is 1. The molecule has 0 aliphatic rings. The summed E-state index contributed by atoms with van der Waals surface area (Å²) in [5.41, 5.74) is 2.33. The van der Waals surface area contributed by atoms with Gasteiger partial charge < -0.3 is 10.1 Å². The molecule has 0 atom stereocenters. The molecule has 2 aromatic rings. The fourth-order valence-electron chi connectivity index (χ4n) is 1.92. The van der Waals surface area contributed by atoms with Crippen LogP contribution in [0.15, 0.2) is 24.5 Å². The Hall–Kier alpha value is -2.54. The van der Waals surface area contributed by atoms with Crippen molar-refractivity contribution in [3.8, 4) is 11.8 Å². The molecule has 7 heteroatoms. The van der Waals surface area contributed by atoms with Crippen molar-refractivity contribution in [1.29, 1.82) is 0 Å². The quantitative estimate of drug-likeness (QED) is 0.671. The third-order valence-corrected chi connectivity index (χ3v) is 2.95. The van der Waals surface area contributed by atoms with Gasteiger partial charge in [-0.2, -0.15) is 0 Å². The lowest BCUT2D eigenvalue weighted by atomic mass is 10.1. The zero-order valence-electron chi connectivity index (χ0n) is 12.1. The molecule has 0 aliphatic carbocycles. The van der Waals surface area contributed by atoms with Gasteiger partial charge in [0.15, 0.2) is 0 Å². The third-order valence-electron chi connectivity index (χ3n) is 2.95. The molecule has 1 N–H and O–H groups in total. The van der Waals surface area contributed by atoms with E-state index >= 15 is 0 Å². The first-order chi connectivity index (χ1) is 10.0. The predicted octanol–water partition coefficient (Wildman–Crippen LogP) is 2.51. The zero-order chi connectivity index (χ0) is 15.4. The first-order valence-corrected chi connectivity index (χ1v) is 6.40. The Kier molecular flexibility index (Phi) is 4.44. The van der Waals surface area contributed by atoms with Gasteiger partial charge in [-0.15, -0.1) is 0 Å². The van der Waals surface area contributed by atoms with Crippen molar-refractivity contribution in [2.45, 2.75) is 20.4 Å². The van der Waals surface area contributed by atoms with Gasteiger partial charge in [0.25, 0.3) is 5.69 Å². The molecular weight excluding hydrogens is 272 g/mol. The van der Waals surface area contributed by atoms with Crippen molar-refractivity contribution in [1.82, 2.24) is 15.3 Å². The van der Waals surface area contributed by atoms with E-state index < -0.39 is 4.92 Å². The number of nitro benzene ring substituents is 1. The minimum Gasteiger partial charge on any atom is -0.424 e. The van der Waals surface area contributed by atoms with Gasteiger partial charge in [-0.05, 0) is 32.5 Å². The molecule has 0 radical (unpaired) electrons. The highest BCUT2D eigenvalue weighted by Gasteiger charge is 2.15. The molecule has 0 saturated carbocycles. The van der Waals surface area contributed by atoms with Crippen molar-refractivity contribution >= 4 is 5.69 Å². The largest absolute Gasteiger partial charge is 0.424 e. The maximum Gasteiger partial charge on any atom is 0.321 e. The van der Waals surface area contributed by atoms with E-state index in [1.54, 1.807) is 25.4 Å². The summed E-state index contributed by atoms with van der Waals surface area (Å²) in [7, 11) is 1.83. The highest BCUT2D eigenvalue weighted by Crippen LogP contribution is 2.30. The number of ether oxygens (including phenoxy) is 1. The van der Waals surface area contributed by atoms with Crippen LogP contribution in [0.1, 0.15) is 16.7 Å². The first kappa shape index (κ1) is 14.9. The minimum atomic E-state index is -0.432. The summed E-state index contributed by atoms with van der Waals surface area (Å²) in [4.78, 5) is 18.7. The number of aromatic nitrogens is 2. The summed E-state index contributed by atoms with van der Waals surface area (Å²) < 4.78 is 5.54. The lowest BCUT2D eigenvalue weighted by Gasteiger charge is -2.08. The Morgan fingerprint density at radius 1 is 1.24 bits per heavy atom. The molecule has 1 heterocycles. The Labute approximate surface area is 122 Å². The molecule has 0 amide bonds. The zero-order valence-corrected chi connectivity index (χ0v) is 12.1. The Bertz CT molecular complexity index is 656. The van der Waals surface area contributed by atoms with Crippen molar-refractivity contribution in [2.24, 2.45) is 0 Å². The summed E-state index contributed by atoms with van der Waals surface area (Å²) in [6.45, 7) is 4.18. The van der Waals surface area contributed by atoms with Crippen LogP contribution in [0.3, 0.4) is 0 Å². The van der Waals surface area contributed by atoms with E-state index in [0.29, 0.717) is 17.9 Å². The second-order valence-electron chi connectivity index (χ2n) is 4.67. The van der Waals surface area contributed by atoms with Crippen molar-refractivity contribution < 1.29 is 9.66 Å². The normalized spacial score (nSPS) is 10.4. The monoisotopic (exact) mass is 288 g/mol. The standard InChI is InChI=1S/C14H16N4O3/c1-9-4-10(2)13(5-12(9)18(19)20)21-14-16-7-11(6-15-3)8-17-14/h4-5,7-8,15H,6H2,1-3H3. The van der Waals surface area contributed by atoms with E-state index in [1.807, 2.05) is 14.0 Å². The van der Waals surface area contributed by atoms with Crippen LogP contribution in [0.5, 0.6) is 11.8 Å². The van der Waals surface area contributed by atoms with Crippen molar-refractivity contribution in [2.75, 3.05) is 7.05 Å². The number of nitro groups is 1. The molecule has 0 unspecified atom stereocenters. The van der Waals surface area contributed by atoms with Crippen molar-refractivity contribution in [3.05, 3.63) is 51.3 Å². The fraction of sp³-hybridized carbons (Fsp3) is 0.286. The van der Waals surface area contributed by atoms with Gasteiger partial charge in [0.05, 0.1) is 11.0 Å². The fourth-order valence-corrected chi connectivity index (χ4v) is 1.92. The molecule has 2 rings (SSSR count). The number of aryl methyl sites for hydroxylation is 2. The molecule has 0 spiro atoms. The molecule has 0 aliphatic heterocycles. The number of nitrogens with zero attached hydrogens (tertiary/aromatic N) is 3. The summed E-state index contributed by atoms with van der Waals surface area (Å²) in [5.74, 6) is 0.383. The molecule has 0 fully saturated rings. The van der Waals surface area contributed by atoms with Gasteiger partial charge in [-0.1, -0.05) is 0 Å². The van der Waals surface area contributed by atoms with E-state index in [4.69, 9.17) is 4.74 Å². The second kappa shape index (κ2) is 6.27. The van der Waals surface area contributed by atoms with Crippen LogP contribution < -0.4 is 10.1 Å². The van der Waals surface area contributed by atoms with Crippen molar-refractivity contribution in [3.63, 3.8) is 0 Å². The highest BCUT2D eigenvalue weighted by molar-refractivity contribution is 5.50. The van der Waals surface area contributed by atoms with Gasteiger partial charge in [-0.3, -0.25) is 10.1 Å². The molecule has 0 bridgehead atoms. The van der Waals surface area contributed by atoms with Crippen LogP contribution in [0, 0.1) is 24.0 Å². The lowest BCUT2D eigenvalue weighted by Crippen LogP contribution is -2.06. The molecule has 1 aromatic heterocycles. The summed E-state index contributed by atoms with van der Waals surface area (Å²) in [6.07, 6.45) is 3.30. The Morgan fingerprint density at radius 2 is 1.90 bits per heavy atom. The molecular formula is C14H16N4O3. The van der Waals surface area contributed by atoms with Gasteiger partial charge in [0, 0.05) is 30.1 Å². The number of rotatable bonds is 5. The molecule has 1 aromatic carbocycles. The predicted molar refractivity (Wildman–Crippen MR) is 77.4 cm³/mol. The van der Waals surface area contributed by atoms with E-state index in [0.717, 1.165) is 11.1 Å². The second-order valence-corrected chi connectivity index (χ2v) is 4.67. The molecule has 21 heavy (non-hydrogen) atoms. The van der Waals surface area contributed by atoms with Gasteiger partial charge in [0.1, 0.15) is 5.75 Å². The molecule has 110 valence electrons. The van der Waals surface area contributed by atoms with Crippen LogP contribution in [0.4, 0.5) is 5.69 Å². The Morgan fingerprint density at radius 3 is 2.48 bits per heavy atom. The summed E-state index contributed by atoms with van der Waals surface area (Å²) in [6, 6.07) is 3.27. The minimum absolute atomic E-state index is 0.0161. The highest BCUT2D eigenvalue weighted by atomic mass is 16.6. The van der Waals surface area contributed by atoms with Crippen LogP contribution in [-0.2, 0) is 6.54 Å². The first-order valence-electron chi connectivity index (χ1n) is 6.40. The summed E-state index contributed by atoms with van der Waals surface area (Å²) in [5, 5.41) is 14.0. The van der Waals surface area contributed by atoms with Gasteiger partial charge in [-0.25, -0.2) is 9.97 Å². The lowest BCUT2D eigenvalue weighted by molar-refractivity contribution is -0.385. The average molecular weight is 288 g/mol. The third kappa shape index (κ3) is 3.51. The van der Waals surface area contributed by atoms with E-state index in [-0.39, 0.29) is 11.7 Å². The van der Waals surface area contributed by atoms with Crippen LogP contribution in [0.2, 0.25) is 0 Å². The number of hydrogen-bond acceptors (Lipinski definition) is 6. The van der Waals surface area contributed by atoms with Crippen LogP contribution >= 0.6 is 0 Å².